The van der Waals surface area contributed by atoms with Crippen LogP contribution in [0.5, 0.6) is 0 Å². The predicted molar refractivity (Wildman–Crippen MR) is 72.5 cm³/mol. The largest absolute Gasteiger partial charge is 0.340 e. The molecule has 2 aliphatic carbocycles. The van der Waals surface area contributed by atoms with Crippen molar-refractivity contribution in [2.75, 3.05) is 0 Å². The first kappa shape index (κ1) is 12.9. The SMILES string of the molecule is CCC1CC1N1C(=O)C2(CCCCC2)NC(=O)C1C. The van der Waals surface area contributed by atoms with E-state index in [4.69, 9.17) is 0 Å². The smallest absolute Gasteiger partial charge is 0.249 e. The monoisotopic (exact) mass is 264 g/mol. The average molecular weight is 264 g/mol. The summed E-state index contributed by atoms with van der Waals surface area (Å²) >= 11 is 0. The molecular formula is C15H24N2O2. The molecule has 3 rings (SSSR count). The molecule has 0 aromatic rings. The first-order chi connectivity index (χ1) is 9.09. The Kier molecular flexibility index (Phi) is 3.06. The van der Waals surface area contributed by atoms with Gasteiger partial charge in [0.2, 0.25) is 11.8 Å². The molecule has 3 aliphatic rings. The van der Waals surface area contributed by atoms with Crippen LogP contribution in [-0.2, 0) is 9.59 Å². The summed E-state index contributed by atoms with van der Waals surface area (Å²) in [4.78, 5) is 27.1. The van der Waals surface area contributed by atoms with Gasteiger partial charge in [0, 0.05) is 6.04 Å². The average Bonchev–Trinajstić information content (AvgIpc) is 3.18. The van der Waals surface area contributed by atoms with E-state index in [0.717, 1.165) is 38.5 Å². The standard InChI is InChI=1S/C15H24N2O2/c1-3-11-9-12(11)17-10(2)13(18)16-15(14(17)19)7-5-4-6-8-15/h10-12H,3-9H2,1-2H3,(H,16,18). The fourth-order valence-corrected chi connectivity index (χ4v) is 3.89. The maximum Gasteiger partial charge on any atom is 0.249 e. The van der Waals surface area contributed by atoms with Gasteiger partial charge in [0.05, 0.1) is 0 Å². The topological polar surface area (TPSA) is 49.4 Å². The molecule has 1 spiro atoms. The zero-order chi connectivity index (χ0) is 13.6. The Morgan fingerprint density at radius 1 is 1.26 bits per heavy atom. The van der Waals surface area contributed by atoms with Crippen molar-refractivity contribution >= 4 is 11.8 Å². The number of amides is 2. The summed E-state index contributed by atoms with van der Waals surface area (Å²) in [5.74, 6) is 0.849. The van der Waals surface area contributed by atoms with Crippen molar-refractivity contribution in [1.82, 2.24) is 10.2 Å². The molecule has 1 saturated heterocycles. The molecule has 3 unspecified atom stereocenters. The van der Waals surface area contributed by atoms with Crippen LogP contribution in [0.3, 0.4) is 0 Å². The molecule has 0 bridgehead atoms. The number of rotatable bonds is 2. The molecule has 1 aliphatic heterocycles. The molecular weight excluding hydrogens is 240 g/mol. The summed E-state index contributed by atoms with van der Waals surface area (Å²) in [6.45, 7) is 4.04. The van der Waals surface area contributed by atoms with Crippen molar-refractivity contribution in [2.45, 2.75) is 76.4 Å². The highest BCUT2D eigenvalue weighted by molar-refractivity contribution is 6.00. The van der Waals surface area contributed by atoms with E-state index in [-0.39, 0.29) is 17.9 Å². The van der Waals surface area contributed by atoms with Crippen LogP contribution in [0.1, 0.15) is 58.8 Å². The van der Waals surface area contributed by atoms with Crippen LogP contribution in [0, 0.1) is 5.92 Å². The van der Waals surface area contributed by atoms with Crippen molar-refractivity contribution in [1.29, 1.82) is 0 Å². The Balaban J connectivity index is 1.85. The highest BCUT2D eigenvalue weighted by Gasteiger charge is 2.55. The second-order valence-corrected chi connectivity index (χ2v) is 6.49. The van der Waals surface area contributed by atoms with Gasteiger partial charge in [-0.1, -0.05) is 32.6 Å². The lowest BCUT2D eigenvalue weighted by atomic mass is 9.78. The predicted octanol–water partition coefficient (Wildman–Crippen LogP) is 1.83. The minimum Gasteiger partial charge on any atom is -0.340 e. The summed E-state index contributed by atoms with van der Waals surface area (Å²) in [5.41, 5.74) is -0.567. The van der Waals surface area contributed by atoms with Gasteiger partial charge in [0.25, 0.3) is 0 Å². The number of piperazine rings is 1. The fraction of sp³-hybridized carbons (Fsp3) is 0.867. The van der Waals surface area contributed by atoms with Gasteiger partial charge in [0.1, 0.15) is 11.6 Å². The van der Waals surface area contributed by atoms with Gasteiger partial charge >= 0.3 is 0 Å². The first-order valence-corrected chi connectivity index (χ1v) is 7.74. The molecule has 19 heavy (non-hydrogen) atoms. The first-order valence-electron chi connectivity index (χ1n) is 7.74. The van der Waals surface area contributed by atoms with Crippen molar-refractivity contribution < 1.29 is 9.59 Å². The Bertz CT molecular complexity index is 401. The Morgan fingerprint density at radius 2 is 1.95 bits per heavy atom. The molecule has 1 heterocycles. The van der Waals surface area contributed by atoms with Crippen LogP contribution >= 0.6 is 0 Å². The molecule has 3 fully saturated rings. The Hall–Kier alpha value is -1.06. The summed E-state index contributed by atoms with van der Waals surface area (Å²) in [6, 6.07) is 0.0268. The van der Waals surface area contributed by atoms with Crippen molar-refractivity contribution in [3.05, 3.63) is 0 Å². The number of nitrogens with zero attached hydrogens (tertiary/aromatic N) is 1. The van der Waals surface area contributed by atoms with E-state index in [2.05, 4.69) is 12.2 Å². The Morgan fingerprint density at radius 3 is 2.53 bits per heavy atom. The van der Waals surface area contributed by atoms with Crippen molar-refractivity contribution in [3.8, 4) is 0 Å². The third-order valence-electron chi connectivity index (χ3n) is 5.28. The lowest BCUT2D eigenvalue weighted by Gasteiger charge is -2.47. The van der Waals surface area contributed by atoms with Crippen LogP contribution in [0.25, 0.3) is 0 Å². The van der Waals surface area contributed by atoms with E-state index in [1.165, 1.54) is 6.42 Å². The van der Waals surface area contributed by atoms with Gasteiger partial charge in [0.15, 0.2) is 0 Å². The maximum atomic E-state index is 12.9. The molecule has 0 aromatic heterocycles. The molecule has 4 nitrogen and oxygen atoms in total. The molecule has 3 atom stereocenters. The number of nitrogens with one attached hydrogen (secondary N) is 1. The van der Waals surface area contributed by atoms with Crippen LogP contribution in [0.15, 0.2) is 0 Å². The number of hydrogen-bond acceptors (Lipinski definition) is 2. The summed E-state index contributed by atoms with van der Waals surface area (Å²) < 4.78 is 0. The second kappa shape index (κ2) is 4.50. The van der Waals surface area contributed by atoms with Crippen LogP contribution in [-0.4, -0.2) is 34.3 Å². The van der Waals surface area contributed by atoms with E-state index in [9.17, 15) is 9.59 Å². The summed E-state index contributed by atoms with van der Waals surface area (Å²) in [6.07, 6.45) is 7.12. The normalized spacial score (nSPS) is 37.4. The van der Waals surface area contributed by atoms with Crippen molar-refractivity contribution in [2.24, 2.45) is 5.92 Å². The quantitative estimate of drug-likeness (QED) is 0.827. The van der Waals surface area contributed by atoms with E-state index < -0.39 is 5.54 Å². The second-order valence-electron chi connectivity index (χ2n) is 6.49. The van der Waals surface area contributed by atoms with Gasteiger partial charge in [-0.15, -0.1) is 0 Å². The molecule has 0 aromatic carbocycles. The molecule has 2 amide bonds. The Labute approximate surface area is 114 Å². The van der Waals surface area contributed by atoms with Gasteiger partial charge in [-0.3, -0.25) is 9.59 Å². The zero-order valence-electron chi connectivity index (χ0n) is 11.9. The van der Waals surface area contributed by atoms with Gasteiger partial charge in [-0.05, 0) is 32.1 Å². The number of carbonyl (C=O) groups excluding carboxylic acids is 2. The van der Waals surface area contributed by atoms with Gasteiger partial charge in [-0.25, -0.2) is 0 Å². The van der Waals surface area contributed by atoms with E-state index in [1.54, 1.807) is 0 Å². The number of carbonyl (C=O) groups is 2. The third-order valence-corrected chi connectivity index (χ3v) is 5.28. The van der Waals surface area contributed by atoms with E-state index in [1.807, 2.05) is 11.8 Å². The van der Waals surface area contributed by atoms with E-state index >= 15 is 0 Å². The molecule has 0 radical (unpaired) electrons. The maximum absolute atomic E-state index is 12.9. The third kappa shape index (κ3) is 1.96. The molecule has 1 N–H and O–H groups in total. The number of hydrogen-bond donors (Lipinski definition) is 1. The van der Waals surface area contributed by atoms with Crippen LogP contribution in [0.4, 0.5) is 0 Å². The highest BCUT2D eigenvalue weighted by Crippen LogP contribution is 2.43. The van der Waals surface area contributed by atoms with E-state index in [0.29, 0.717) is 12.0 Å². The fourth-order valence-electron chi connectivity index (χ4n) is 3.89. The molecule has 4 heteroatoms. The summed E-state index contributed by atoms with van der Waals surface area (Å²) in [7, 11) is 0. The minimum atomic E-state index is -0.567. The lowest BCUT2D eigenvalue weighted by molar-refractivity contribution is -0.157. The zero-order valence-corrected chi connectivity index (χ0v) is 11.9. The lowest BCUT2D eigenvalue weighted by Crippen LogP contribution is -2.70. The van der Waals surface area contributed by atoms with Gasteiger partial charge in [-0.2, -0.15) is 0 Å². The van der Waals surface area contributed by atoms with Gasteiger partial charge < -0.3 is 10.2 Å². The van der Waals surface area contributed by atoms with Crippen molar-refractivity contribution in [3.63, 3.8) is 0 Å². The minimum absolute atomic E-state index is 0.0447. The highest BCUT2D eigenvalue weighted by atomic mass is 16.2. The van der Waals surface area contributed by atoms with Crippen LogP contribution < -0.4 is 5.32 Å². The molecule has 2 saturated carbocycles. The molecule has 106 valence electrons. The summed E-state index contributed by atoms with van der Waals surface area (Å²) in [5, 5.41) is 3.05. The van der Waals surface area contributed by atoms with Crippen LogP contribution in [0.2, 0.25) is 0 Å².